The first kappa shape index (κ1) is 11.7. The van der Waals surface area contributed by atoms with Crippen molar-refractivity contribution in [3.8, 4) is 0 Å². The number of hydrogen-bond acceptors (Lipinski definition) is 1. The van der Waals surface area contributed by atoms with Crippen LogP contribution in [0.3, 0.4) is 0 Å². The molecular formula is C11H23N. The molecule has 0 fully saturated rings. The van der Waals surface area contributed by atoms with Crippen LogP contribution in [0.25, 0.3) is 0 Å². The standard InChI is InChI=1S/C11H23N/c1-5-8-9-10-11(6-2,7-3)12-4/h4-10H2,1-3H3. The highest BCUT2D eigenvalue weighted by atomic mass is 14.8. The molecule has 0 aliphatic carbocycles. The maximum absolute atomic E-state index is 4.28. The Kier molecular flexibility index (Phi) is 6.04. The molecule has 0 aliphatic heterocycles. The van der Waals surface area contributed by atoms with Crippen LogP contribution in [-0.2, 0) is 0 Å². The fraction of sp³-hybridized carbons (Fsp3) is 0.909. The zero-order valence-electron chi connectivity index (χ0n) is 8.90. The van der Waals surface area contributed by atoms with Gasteiger partial charge in [0.15, 0.2) is 0 Å². The molecule has 0 bridgehead atoms. The van der Waals surface area contributed by atoms with Crippen LogP contribution in [0.1, 0.15) is 59.3 Å². The van der Waals surface area contributed by atoms with Crippen LogP contribution < -0.4 is 0 Å². The predicted molar refractivity (Wildman–Crippen MR) is 57.0 cm³/mol. The van der Waals surface area contributed by atoms with Gasteiger partial charge in [0.1, 0.15) is 0 Å². The van der Waals surface area contributed by atoms with E-state index in [0.717, 1.165) is 12.8 Å². The van der Waals surface area contributed by atoms with Crippen LogP contribution >= 0.6 is 0 Å². The number of nitrogens with zero attached hydrogens (tertiary/aromatic N) is 1. The summed E-state index contributed by atoms with van der Waals surface area (Å²) in [5.74, 6) is 0. The van der Waals surface area contributed by atoms with Crippen molar-refractivity contribution < 1.29 is 0 Å². The summed E-state index contributed by atoms with van der Waals surface area (Å²) in [4.78, 5) is 4.28. The van der Waals surface area contributed by atoms with E-state index in [1.807, 2.05) is 0 Å². The van der Waals surface area contributed by atoms with Gasteiger partial charge in [-0.1, -0.05) is 40.0 Å². The molecular weight excluding hydrogens is 146 g/mol. The third-order valence-corrected chi connectivity index (χ3v) is 2.90. The van der Waals surface area contributed by atoms with Crippen molar-refractivity contribution in [2.24, 2.45) is 4.99 Å². The van der Waals surface area contributed by atoms with E-state index in [-0.39, 0.29) is 5.54 Å². The fourth-order valence-corrected chi connectivity index (χ4v) is 1.61. The smallest absolute Gasteiger partial charge is 0.0595 e. The summed E-state index contributed by atoms with van der Waals surface area (Å²) >= 11 is 0. The maximum atomic E-state index is 4.28. The Morgan fingerprint density at radius 2 is 1.67 bits per heavy atom. The molecule has 0 aliphatic rings. The fourth-order valence-electron chi connectivity index (χ4n) is 1.61. The molecule has 0 heterocycles. The van der Waals surface area contributed by atoms with E-state index in [9.17, 15) is 0 Å². The summed E-state index contributed by atoms with van der Waals surface area (Å²) in [6.45, 7) is 10.4. The van der Waals surface area contributed by atoms with E-state index in [1.165, 1.54) is 25.7 Å². The molecule has 0 aromatic heterocycles. The molecule has 0 N–H and O–H groups in total. The molecule has 0 amide bonds. The van der Waals surface area contributed by atoms with Gasteiger partial charge in [0.05, 0.1) is 5.54 Å². The van der Waals surface area contributed by atoms with Crippen molar-refractivity contribution in [2.75, 3.05) is 0 Å². The first-order valence-electron chi connectivity index (χ1n) is 5.22. The van der Waals surface area contributed by atoms with Gasteiger partial charge in [-0.05, 0) is 26.0 Å². The molecule has 1 nitrogen and oxygen atoms in total. The second kappa shape index (κ2) is 6.22. The van der Waals surface area contributed by atoms with Gasteiger partial charge < -0.3 is 0 Å². The first-order valence-corrected chi connectivity index (χ1v) is 5.22. The van der Waals surface area contributed by atoms with Crippen LogP contribution in [0.2, 0.25) is 0 Å². The van der Waals surface area contributed by atoms with E-state index >= 15 is 0 Å². The third-order valence-electron chi connectivity index (χ3n) is 2.90. The Balaban J connectivity index is 3.84. The zero-order chi connectivity index (χ0) is 9.45. The van der Waals surface area contributed by atoms with Crippen LogP contribution in [0.15, 0.2) is 4.99 Å². The normalized spacial score (nSPS) is 11.6. The molecule has 12 heavy (non-hydrogen) atoms. The lowest BCUT2D eigenvalue weighted by molar-refractivity contribution is 0.358. The van der Waals surface area contributed by atoms with Crippen molar-refractivity contribution in [1.29, 1.82) is 0 Å². The summed E-state index contributed by atoms with van der Waals surface area (Å²) in [5.41, 5.74) is 0.190. The number of unbranched alkanes of at least 4 members (excludes halogenated alkanes) is 2. The van der Waals surface area contributed by atoms with E-state index in [4.69, 9.17) is 0 Å². The minimum atomic E-state index is 0.190. The van der Waals surface area contributed by atoms with Gasteiger partial charge in [-0.25, -0.2) is 0 Å². The highest BCUT2D eigenvalue weighted by Gasteiger charge is 2.22. The Morgan fingerprint density at radius 1 is 1.08 bits per heavy atom. The van der Waals surface area contributed by atoms with Crippen LogP contribution in [0.5, 0.6) is 0 Å². The summed E-state index contributed by atoms with van der Waals surface area (Å²) in [7, 11) is 0. The van der Waals surface area contributed by atoms with Gasteiger partial charge in [-0.15, -0.1) is 0 Å². The highest BCUT2D eigenvalue weighted by Crippen LogP contribution is 2.26. The first-order chi connectivity index (χ1) is 5.74. The molecule has 0 atom stereocenters. The van der Waals surface area contributed by atoms with Gasteiger partial charge in [0.25, 0.3) is 0 Å². The Labute approximate surface area is 77.3 Å². The van der Waals surface area contributed by atoms with E-state index in [0.29, 0.717) is 0 Å². The second-order valence-electron chi connectivity index (χ2n) is 3.55. The average molecular weight is 169 g/mol. The van der Waals surface area contributed by atoms with Crippen molar-refractivity contribution in [3.63, 3.8) is 0 Å². The van der Waals surface area contributed by atoms with Crippen LogP contribution in [-0.4, -0.2) is 12.3 Å². The van der Waals surface area contributed by atoms with E-state index in [1.54, 1.807) is 0 Å². The molecule has 0 saturated carbocycles. The Morgan fingerprint density at radius 3 is 2.00 bits per heavy atom. The molecule has 72 valence electrons. The van der Waals surface area contributed by atoms with Crippen molar-refractivity contribution in [2.45, 2.75) is 64.8 Å². The molecule has 0 aromatic rings. The predicted octanol–water partition coefficient (Wildman–Crippen LogP) is 3.83. The second-order valence-corrected chi connectivity index (χ2v) is 3.55. The molecule has 0 radical (unpaired) electrons. The molecule has 0 aromatic carbocycles. The summed E-state index contributed by atoms with van der Waals surface area (Å²) < 4.78 is 0. The van der Waals surface area contributed by atoms with Gasteiger partial charge >= 0.3 is 0 Å². The lowest BCUT2D eigenvalue weighted by atomic mass is 9.87. The minimum absolute atomic E-state index is 0.190. The van der Waals surface area contributed by atoms with E-state index < -0.39 is 0 Å². The monoisotopic (exact) mass is 169 g/mol. The van der Waals surface area contributed by atoms with Crippen molar-refractivity contribution in [3.05, 3.63) is 0 Å². The van der Waals surface area contributed by atoms with Gasteiger partial charge in [0.2, 0.25) is 0 Å². The molecule has 0 spiro atoms. The SMILES string of the molecule is C=NC(CC)(CC)CCCCC. The zero-order valence-corrected chi connectivity index (χ0v) is 8.90. The summed E-state index contributed by atoms with van der Waals surface area (Å²) in [5, 5.41) is 0. The minimum Gasteiger partial charge on any atom is -0.294 e. The largest absolute Gasteiger partial charge is 0.294 e. The van der Waals surface area contributed by atoms with Crippen LogP contribution in [0.4, 0.5) is 0 Å². The van der Waals surface area contributed by atoms with Gasteiger partial charge in [-0.3, -0.25) is 4.99 Å². The highest BCUT2D eigenvalue weighted by molar-refractivity contribution is 5.26. The Hall–Kier alpha value is -0.330. The number of hydrogen-bond donors (Lipinski definition) is 0. The Bertz CT molecular complexity index is 114. The maximum Gasteiger partial charge on any atom is 0.0595 e. The number of aliphatic imine (C=N–C) groups is 1. The topological polar surface area (TPSA) is 12.4 Å². The lowest BCUT2D eigenvalue weighted by Gasteiger charge is -2.26. The van der Waals surface area contributed by atoms with Gasteiger partial charge in [0, 0.05) is 0 Å². The van der Waals surface area contributed by atoms with Crippen LogP contribution in [0, 0.1) is 0 Å². The molecule has 0 rings (SSSR count). The third kappa shape index (κ3) is 3.38. The van der Waals surface area contributed by atoms with E-state index in [2.05, 4.69) is 32.5 Å². The lowest BCUT2D eigenvalue weighted by Crippen LogP contribution is -2.23. The average Bonchev–Trinajstić information content (AvgIpc) is 2.14. The van der Waals surface area contributed by atoms with Gasteiger partial charge in [-0.2, -0.15) is 0 Å². The molecule has 1 heteroatoms. The summed E-state index contributed by atoms with van der Waals surface area (Å²) in [6.07, 6.45) is 7.42. The van der Waals surface area contributed by atoms with Crippen molar-refractivity contribution in [1.82, 2.24) is 0 Å². The quantitative estimate of drug-likeness (QED) is 0.406. The summed E-state index contributed by atoms with van der Waals surface area (Å²) in [6, 6.07) is 0. The molecule has 0 saturated heterocycles. The van der Waals surface area contributed by atoms with Crippen molar-refractivity contribution >= 4 is 6.72 Å². The number of rotatable bonds is 7. The molecule has 0 unspecified atom stereocenters.